The smallest absolute Gasteiger partial charge is 0.266 e. The lowest BCUT2D eigenvalue weighted by molar-refractivity contribution is -0.118. The molecule has 0 atom stereocenters. The molecule has 33 heavy (non-hydrogen) atoms. The van der Waals surface area contributed by atoms with Crippen LogP contribution in [0.3, 0.4) is 0 Å². The fraction of sp³-hybridized carbons (Fsp3) is 0.0833. The molecule has 1 amide bonds. The summed E-state index contributed by atoms with van der Waals surface area (Å²) in [6.07, 6.45) is 1.56. The molecule has 0 radical (unpaired) electrons. The van der Waals surface area contributed by atoms with Crippen molar-refractivity contribution in [1.82, 2.24) is 15.0 Å². The number of fused-ring (bicyclic) bond motifs is 1. The number of aromatic nitrogens is 2. The second-order valence-electron chi connectivity index (χ2n) is 6.85. The quantitative estimate of drug-likeness (QED) is 0.168. The van der Waals surface area contributed by atoms with E-state index in [1.54, 1.807) is 55.8 Å². The summed E-state index contributed by atoms with van der Waals surface area (Å²) in [6, 6.07) is 21.8. The van der Waals surface area contributed by atoms with Crippen LogP contribution in [0.25, 0.3) is 16.6 Å². The molecule has 0 unspecified atom stereocenters. The van der Waals surface area contributed by atoms with Gasteiger partial charge >= 0.3 is 0 Å². The topological polar surface area (TPSA) is 85.6 Å². The molecule has 0 fully saturated rings. The Labute approximate surface area is 202 Å². The van der Waals surface area contributed by atoms with Crippen LogP contribution in [0.15, 0.2) is 92.3 Å². The maximum absolute atomic E-state index is 13.3. The Morgan fingerprint density at radius 1 is 1.12 bits per heavy atom. The van der Waals surface area contributed by atoms with E-state index in [4.69, 9.17) is 4.74 Å². The van der Waals surface area contributed by atoms with E-state index >= 15 is 0 Å². The molecule has 0 aliphatic rings. The summed E-state index contributed by atoms with van der Waals surface area (Å²) >= 11 is 4.60. The lowest BCUT2D eigenvalue weighted by Crippen LogP contribution is -2.24. The molecule has 3 aromatic carbocycles. The minimum atomic E-state index is -0.313. The molecule has 0 saturated carbocycles. The molecule has 4 aromatic rings. The van der Waals surface area contributed by atoms with Crippen molar-refractivity contribution < 1.29 is 9.53 Å². The van der Waals surface area contributed by atoms with E-state index in [2.05, 4.69) is 31.4 Å². The number of amides is 1. The number of para-hydroxylation sites is 1. The van der Waals surface area contributed by atoms with Crippen LogP contribution in [0.2, 0.25) is 0 Å². The molecule has 1 heterocycles. The molecule has 0 aliphatic heterocycles. The highest BCUT2D eigenvalue weighted by atomic mass is 79.9. The SMILES string of the molecule is COc1ccc(-n2c(SCC(=O)N/N=C/c3ccccc3Br)nc3ccccc3c2=O)cc1. The molecular formula is C24H19BrN4O3S. The van der Waals surface area contributed by atoms with Crippen molar-refractivity contribution in [2.75, 3.05) is 12.9 Å². The Bertz CT molecular complexity index is 1390. The summed E-state index contributed by atoms with van der Waals surface area (Å²) in [5.74, 6) is 0.401. The number of nitrogens with zero attached hydrogens (tertiary/aromatic N) is 3. The number of rotatable bonds is 7. The third kappa shape index (κ3) is 5.32. The predicted molar refractivity (Wildman–Crippen MR) is 134 cm³/mol. The third-order valence-electron chi connectivity index (χ3n) is 4.71. The van der Waals surface area contributed by atoms with Gasteiger partial charge < -0.3 is 4.74 Å². The number of hydrazone groups is 1. The van der Waals surface area contributed by atoms with Crippen molar-refractivity contribution in [3.05, 3.63) is 93.2 Å². The molecular weight excluding hydrogens is 504 g/mol. The van der Waals surface area contributed by atoms with Crippen LogP contribution in [-0.2, 0) is 4.79 Å². The summed E-state index contributed by atoms with van der Waals surface area (Å²) in [7, 11) is 1.58. The fourth-order valence-electron chi connectivity index (χ4n) is 3.08. The minimum Gasteiger partial charge on any atom is -0.497 e. The van der Waals surface area contributed by atoms with Gasteiger partial charge in [0.15, 0.2) is 5.16 Å². The van der Waals surface area contributed by atoms with Gasteiger partial charge in [-0.25, -0.2) is 10.4 Å². The normalized spacial score (nSPS) is 11.1. The van der Waals surface area contributed by atoms with E-state index in [-0.39, 0.29) is 17.2 Å². The summed E-state index contributed by atoms with van der Waals surface area (Å²) in [5, 5.41) is 4.92. The number of benzene rings is 3. The zero-order valence-corrected chi connectivity index (χ0v) is 20.0. The summed E-state index contributed by atoms with van der Waals surface area (Å²) in [4.78, 5) is 30.3. The van der Waals surface area contributed by atoms with Gasteiger partial charge in [0, 0.05) is 10.0 Å². The van der Waals surface area contributed by atoms with E-state index < -0.39 is 0 Å². The van der Waals surface area contributed by atoms with Crippen molar-refractivity contribution in [1.29, 1.82) is 0 Å². The number of ether oxygens (including phenoxy) is 1. The summed E-state index contributed by atoms with van der Waals surface area (Å²) in [5.41, 5.74) is 4.35. The largest absolute Gasteiger partial charge is 0.497 e. The first-order valence-electron chi connectivity index (χ1n) is 9.92. The van der Waals surface area contributed by atoms with Crippen LogP contribution in [-0.4, -0.2) is 34.5 Å². The van der Waals surface area contributed by atoms with E-state index in [9.17, 15) is 9.59 Å². The molecule has 1 aromatic heterocycles. The van der Waals surface area contributed by atoms with Crippen molar-refractivity contribution in [2.24, 2.45) is 5.10 Å². The molecule has 4 rings (SSSR count). The molecule has 0 aliphatic carbocycles. The number of hydrogen-bond acceptors (Lipinski definition) is 6. The van der Waals surface area contributed by atoms with Crippen LogP contribution in [0.4, 0.5) is 0 Å². The number of methoxy groups -OCH3 is 1. The third-order valence-corrected chi connectivity index (χ3v) is 6.37. The fourth-order valence-corrected chi connectivity index (χ4v) is 4.28. The van der Waals surface area contributed by atoms with E-state index in [1.165, 1.54) is 4.57 Å². The molecule has 1 N–H and O–H groups in total. The highest BCUT2D eigenvalue weighted by molar-refractivity contribution is 9.10. The number of nitrogens with one attached hydrogen (secondary N) is 1. The average molecular weight is 523 g/mol. The Morgan fingerprint density at radius 2 is 1.85 bits per heavy atom. The van der Waals surface area contributed by atoms with Crippen molar-refractivity contribution in [3.8, 4) is 11.4 Å². The van der Waals surface area contributed by atoms with Crippen LogP contribution in [0.5, 0.6) is 5.75 Å². The van der Waals surface area contributed by atoms with Crippen LogP contribution >= 0.6 is 27.7 Å². The maximum atomic E-state index is 13.3. The van der Waals surface area contributed by atoms with Gasteiger partial charge in [0.1, 0.15) is 5.75 Å². The minimum absolute atomic E-state index is 0.0359. The molecule has 7 nitrogen and oxygen atoms in total. The monoisotopic (exact) mass is 522 g/mol. The number of hydrogen-bond donors (Lipinski definition) is 1. The lowest BCUT2D eigenvalue weighted by atomic mass is 10.2. The van der Waals surface area contributed by atoms with Crippen molar-refractivity contribution in [2.45, 2.75) is 5.16 Å². The van der Waals surface area contributed by atoms with Gasteiger partial charge in [0.05, 0.1) is 35.7 Å². The first-order valence-corrected chi connectivity index (χ1v) is 11.7. The second-order valence-corrected chi connectivity index (χ2v) is 8.65. The maximum Gasteiger partial charge on any atom is 0.266 e. The second kappa shape index (κ2) is 10.5. The van der Waals surface area contributed by atoms with Crippen molar-refractivity contribution >= 4 is 50.7 Å². The molecule has 9 heteroatoms. The van der Waals surface area contributed by atoms with Gasteiger partial charge in [0.2, 0.25) is 0 Å². The number of carbonyl (C=O) groups is 1. The van der Waals surface area contributed by atoms with Crippen molar-refractivity contribution in [3.63, 3.8) is 0 Å². The Balaban J connectivity index is 1.58. The first-order chi connectivity index (χ1) is 16.1. The van der Waals surface area contributed by atoms with Gasteiger partial charge in [-0.15, -0.1) is 0 Å². The van der Waals surface area contributed by atoms with Crippen LogP contribution in [0, 0.1) is 0 Å². The number of halogens is 1. The average Bonchev–Trinajstić information content (AvgIpc) is 2.84. The zero-order valence-electron chi connectivity index (χ0n) is 17.6. The molecule has 0 spiro atoms. The standard InChI is InChI=1S/C24H19BrN4O3S/c1-32-18-12-10-17(11-13-18)29-23(31)19-7-3-5-9-21(19)27-24(29)33-15-22(30)28-26-14-16-6-2-4-8-20(16)25/h2-14H,15H2,1H3,(H,28,30)/b26-14+. The van der Waals surface area contributed by atoms with E-state index in [0.29, 0.717) is 27.5 Å². The van der Waals surface area contributed by atoms with E-state index in [1.807, 2.05) is 30.3 Å². The summed E-state index contributed by atoms with van der Waals surface area (Å²) in [6.45, 7) is 0. The molecule has 166 valence electrons. The van der Waals surface area contributed by atoms with Crippen LogP contribution < -0.4 is 15.7 Å². The molecule has 0 bridgehead atoms. The highest BCUT2D eigenvalue weighted by Gasteiger charge is 2.15. The zero-order chi connectivity index (χ0) is 23.2. The van der Waals surface area contributed by atoms with Gasteiger partial charge in [-0.05, 0) is 42.5 Å². The Hall–Kier alpha value is -3.43. The Kier molecular flexibility index (Phi) is 7.21. The van der Waals surface area contributed by atoms with Gasteiger partial charge in [-0.2, -0.15) is 5.10 Å². The highest BCUT2D eigenvalue weighted by Crippen LogP contribution is 2.22. The molecule has 0 saturated heterocycles. The van der Waals surface area contributed by atoms with Gasteiger partial charge in [0.25, 0.3) is 11.5 Å². The number of thioether (sulfide) groups is 1. The predicted octanol–water partition coefficient (Wildman–Crippen LogP) is 4.40. The first kappa shape index (κ1) is 22.8. The van der Waals surface area contributed by atoms with Gasteiger partial charge in [-0.1, -0.05) is 58.0 Å². The van der Waals surface area contributed by atoms with Crippen LogP contribution in [0.1, 0.15) is 5.56 Å². The lowest BCUT2D eigenvalue weighted by Gasteiger charge is -2.13. The van der Waals surface area contributed by atoms with E-state index in [0.717, 1.165) is 21.8 Å². The summed E-state index contributed by atoms with van der Waals surface area (Å²) < 4.78 is 7.59. The number of carbonyl (C=O) groups excluding carboxylic acids is 1. The Morgan fingerprint density at radius 3 is 2.61 bits per heavy atom. The van der Waals surface area contributed by atoms with Gasteiger partial charge in [-0.3, -0.25) is 14.2 Å².